The number of anilines is 2. The van der Waals surface area contributed by atoms with E-state index in [-0.39, 0.29) is 29.1 Å². The van der Waals surface area contributed by atoms with Crippen molar-refractivity contribution < 1.29 is 22.8 Å². The number of carbonyl (C=O) groups is 2. The van der Waals surface area contributed by atoms with Crippen molar-refractivity contribution in [2.45, 2.75) is 18.3 Å². The largest absolute Gasteiger partial charge is 0.416 e. The molecule has 1 aromatic rings. The molecule has 0 bridgehead atoms. The fraction of sp³-hybridized carbons (Fsp3) is 0.385. The standard InChI is InChI=1S/C13H13F3N2O2S/c1-7(21-2)12(20)18-6-11(19)17-9-5-8(13(14,15)16)3-4-10(9)18/h3-5,7H,6H2,1-2H3,(H,17,19)/t7-/m1/s1. The van der Waals surface area contributed by atoms with Gasteiger partial charge in [0.2, 0.25) is 11.8 Å². The van der Waals surface area contributed by atoms with Gasteiger partial charge in [0.05, 0.1) is 22.2 Å². The number of hydrogen-bond acceptors (Lipinski definition) is 3. The molecular weight excluding hydrogens is 305 g/mol. The lowest BCUT2D eigenvalue weighted by Crippen LogP contribution is -2.45. The normalized spacial score (nSPS) is 16.2. The van der Waals surface area contributed by atoms with Crippen molar-refractivity contribution in [1.82, 2.24) is 0 Å². The number of thioether (sulfide) groups is 1. The predicted molar refractivity (Wildman–Crippen MR) is 75.4 cm³/mol. The van der Waals surface area contributed by atoms with Crippen LogP contribution in [0.2, 0.25) is 0 Å². The van der Waals surface area contributed by atoms with Crippen LogP contribution in [-0.4, -0.2) is 29.9 Å². The number of nitrogens with one attached hydrogen (secondary N) is 1. The average Bonchev–Trinajstić information content (AvgIpc) is 2.43. The van der Waals surface area contributed by atoms with Crippen LogP contribution in [0.5, 0.6) is 0 Å². The third kappa shape index (κ3) is 3.15. The maximum Gasteiger partial charge on any atom is 0.416 e. The molecule has 0 spiro atoms. The maximum atomic E-state index is 12.7. The van der Waals surface area contributed by atoms with Gasteiger partial charge in [-0.15, -0.1) is 0 Å². The fourth-order valence-corrected chi connectivity index (χ4v) is 2.31. The molecule has 0 saturated carbocycles. The molecule has 0 aliphatic carbocycles. The van der Waals surface area contributed by atoms with E-state index in [0.717, 1.165) is 12.1 Å². The maximum absolute atomic E-state index is 12.7. The molecule has 0 radical (unpaired) electrons. The van der Waals surface area contributed by atoms with E-state index in [0.29, 0.717) is 0 Å². The highest BCUT2D eigenvalue weighted by Crippen LogP contribution is 2.37. The molecule has 2 amide bonds. The molecule has 2 rings (SSSR count). The summed E-state index contributed by atoms with van der Waals surface area (Å²) in [6, 6.07) is 2.96. The molecule has 0 aromatic heterocycles. The summed E-state index contributed by atoms with van der Waals surface area (Å²) in [4.78, 5) is 25.1. The van der Waals surface area contributed by atoms with Crippen molar-refractivity contribution >= 4 is 35.0 Å². The Labute approximate surface area is 123 Å². The number of benzene rings is 1. The van der Waals surface area contributed by atoms with Crippen molar-refractivity contribution in [3.8, 4) is 0 Å². The molecular formula is C13H13F3N2O2S. The minimum atomic E-state index is -4.50. The van der Waals surface area contributed by atoms with Gasteiger partial charge < -0.3 is 5.32 Å². The summed E-state index contributed by atoms with van der Waals surface area (Å²) in [7, 11) is 0. The fourth-order valence-electron chi connectivity index (χ4n) is 1.98. The molecule has 21 heavy (non-hydrogen) atoms. The molecule has 8 heteroatoms. The van der Waals surface area contributed by atoms with Crippen LogP contribution < -0.4 is 10.2 Å². The first-order valence-electron chi connectivity index (χ1n) is 6.09. The number of carbonyl (C=O) groups excluding carboxylic acids is 2. The lowest BCUT2D eigenvalue weighted by atomic mass is 10.1. The van der Waals surface area contributed by atoms with Gasteiger partial charge >= 0.3 is 6.18 Å². The molecule has 1 heterocycles. The van der Waals surface area contributed by atoms with Crippen LogP contribution >= 0.6 is 11.8 Å². The number of nitrogens with zero attached hydrogens (tertiary/aromatic N) is 1. The zero-order valence-corrected chi connectivity index (χ0v) is 12.1. The molecule has 4 nitrogen and oxygen atoms in total. The van der Waals surface area contributed by atoms with Gasteiger partial charge in [0.25, 0.3) is 0 Å². The third-order valence-corrected chi connectivity index (χ3v) is 4.07. The van der Waals surface area contributed by atoms with Crippen molar-refractivity contribution in [3.05, 3.63) is 23.8 Å². The monoisotopic (exact) mass is 318 g/mol. The highest BCUT2D eigenvalue weighted by atomic mass is 32.2. The second kappa shape index (κ2) is 5.59. The Morgan fingerprint density at radius 1 is 1.43 bits per heavy atom. The van der Waals surface area contributed by atoms with Crippen LogP contribution in [-0.2, 0) is 15.8 Å². The van der Waals surface area contributed by atoms with Gasteiger partial charge in [0, 0.05) is 0 Å². The zero-order chi connectivity index (χ0) is 15.8. The highest BCUT2D eigenvalue weighted by molar-refractivity contribution is 7.99. The van der Waals surface area contributed by atoms with Crippen molar-refractivity contribution in [2.75, 3.05) is 23.0 Å². The van der Waals surface area contributed by atoms with Gasteiger partial charge in [-0.1, -0.05) is 0 Å². The van der Waals surface area contributed by atoms with Gasteiger partial charge in [0.15, 0.2) is 0 Å². The molecule has 1 aliphatic heterocycles. The smallest absolute Gasteiger partial charge is 0.323 e. The van der Waals surface area contributed by atoms with Crippen molar-refractivity contribution in [2.24, 2.45) is 0 Å². The number of alkyl halides is 3. The summed E-state index contributed by atoms with van der Waals surface area (Å²) < 4.78 is 38.1. The van der Waals surface area contributed by atoms with E-state index in [1.54, 1.807) is 13.2 Å². The number of hydrogen-bond donors (Lipinski definition) is 1. The van der Waals surface area contributed by atoms with Crippen LogP contribution in [0.1, 0.15) is 12.5 Å². The summed E-state index contributed by atoms with van der Waals surface area (Å²) in [6.07, 6.45) is -2.75. The lowest BCUT2D eigenvalue weighted by Gasteiger charge is -2.31. The minimum absolute atomic E-state index is 0.00253. The molecule has 114 valence electrons. The number of fused-ring (bicyclic) bond motifs is 1. The molecule has 1 N–H and O–H groups in total. The Morgan fingerprint density at radius 2 is 2.10 bits per heavy atom. The van der Waals surface area contributed by atoms with Crippen LogP contribution in [0, 0.1) is 0 Å². The number of halogens is 3. The third-order valence-electron chi connectivity index (χ3n) is 3.16. The SMILES string of the molecule is CS[C@H](C)C(=O)N1CC(=O)Nc2cc(C(F)(F)F)ccc21. The number of amides is 2. The Kier molecular flexibility index (Phi) is 4.18. The topological polar surface area (TPSA) is 49.4 Å². The van der Waals surface area contributed by atoms with Crippen molar-refractivity contribution in [1.29, 1.82) is 0 Å². The van der Waals surface area contributed by atoms with Crippen LogP contribution in [0.4, 0.5) is 24.5 Å². The van der Waals surface area contributed by atoms with Gasteiger partial charge in [0.1, 0.15) is 6.54 Å². The first-order chi connectivity index (χ1) is 9.74. The van der Waals surface area contributed by atoms with E-state index in [1.165, 1.54) is 22.7 Å². The van der Waals surface area contributed by atoms with E-state index < -0.39 is 17.6 Å². The summed E-state index contributed by atoms with van der Waals surface area (Å²) >= 11 is 1.31. The predicted octanol–water partition coefficient (Wildman–Crippen LogP) is 2.74. The second-order valence-electron chi connectivity index (χ2n) is 4.58. The Hall–Kier alpha value is -1.70. The van der Waals surface area contributed by atoms with Gasteiger partial charge in [-0.2, -0.15) is 24.9 Å². The zero-order valence-electron chi connectivity index (χ0n) is 11.3. The summed E-state index contributed by atoms with van der Waals surface area (Å²) in [5.74, 6) is -0.818. The molecule has 0 saturated heterocycles. The molecule has 1 aliphatic rings. The highest BCUT2D eigenvalue weighted by Gasteiger charge is 2.34. The molecule has 1 atom stereocenters. The van der Waals surface area contributed by atoms with Gasteiger partial charge in [-0.05, 0) is 31.4 Å². The summed E-state index contributed by atoms with van der Waals surface area (Å²) in [6.45, 7) is 1.49. The van der Waals surface area contributed by atoms with E-state index in [2.05, 4.69) is 5.32 Å². The minimum Gasteiger partial charge on any atom is -0.323 e. The first-order valence-corrected chi connectivity index (χ1v) is 7.38. The first kappa shape index (κ1) is 15.7. The molecule has 0 unspecified atom stereocenters. The van der Waals surface area contributed by atoms with Crippen LogP contribution in [0.25, 0.3) is 0 Å². The lowest BCUT2D eigenvalue weighted by molar-refractivity contribution is -0.137. The van der Waals surface area contributed by atoms with E-state index in [1.807, 2.05) is 0 Å². The quantitative estimate of drug-likeness (QED) is 0.912. The summed E-state index contributed by atoms with van der Waals surface area (Å²) in [5, 5.41) is 1.99. The van der Waals surface area contributed by atoms with Crippen LogP contribution in [0.3, 0.4) is 0 Å². The van der Waals surface area contributed by atoms with E-state index in [9.17, 15) is 22.8 Å². The van der Waals surface area contributed by atoms with Crippen LogP contribution in [0.15, 0.2) is 18.2 Å². The summed E-state index contributed by atoms with van der Waals surface area (Å²) in [5.41, 5.74) is -0.579. The van der Waals surface area contributed by atoms with Gasteiger partial charge in [-0.25, -0.2) is 0 Å². The van der Waals surface area contributed by atoms with E-state index >= 15 is 0 Å². The second-order valence-corrected chi connectivity index (χ2v) is 5.76. The molecule has 0 fully saturated rings. The van der Waals surface area contributed by atoms with Gasteiger partial charge in [-0.3, -0.25) is 14.5 Å². The van der Waals surface area contributed by atoms with E-state index in [4.69, 9.17) is 0 Å². The Bertz CT molecular complexity index is 589. The average molecular weight is 318 g/mol. The Morgan fingerprint density at radius 3 is 2.67 bits per heavy atom. The van der Waals surface area contributed by atoms with Crippen molar-refractivity contribution in [3.63, 3.8) is 0 Å². The Balaban J connectivity index is 2.43. The number of rotatable bonds is 2. The molecule has 1 aromatic carbocycles.